The molecule has 0 amide bonds. The molecule has 0 atom stereocenters. The fraction of sp³-hybridized carbons (Fsp3) is 0.300. The zero-order chi connectivity index (χ0) is 14.9. The van der Waals surface area contributed by atoms with E-state index in [0.29, 0.717) is 9.69 Å². The maximum atomic E-state index is 12.4. The maximum absolute atomic E-state index is 12.4. The van der Waals surface area contributed by atoms with E-state index in [0.717, 1.165) is 11.3 Å². The predicted molar refractivity (Wildman–Crippen MR) is 65.4 cm³/mol. The largest absolute Gasteiger partial charge is 0.476 e. The third-order valence-corrected chi connectivity index (χ3v) is 3.11. The van der Waals surface area contributed by atoms with E-state index >= 15 is 0 Å². The Balaban J connectivity index is 2.27. The SMILES string of the molecule is Cc1nc(C(=O)O)c(Nc2ccnn2CC(F)(F)F)s1. The van der Waals surface area contributed by atoms with Crippen LogP contribution in [0.15, 0.2) is 12.3 Å². The van der Waals surface area contributed by atoms with Crippen LogP contribution < -0.4 is 5.32 Å². The summed E-state index contributed by atoms with van der Waals surface area (Å²) < 4.78 is 37.8. The molecule has 2 aromatic rings. The summed E-state index contributed by atoms with van der Waals surface area (Å²) in [6.07, 6.45) is -3.22. The number of hydrogen-bond donors (Lipinski definition) is 2. The van der Waals surface area contributed by atoms with Crippen LogP contribution in [0.2, 0.25) is 0 Å². The second-order valence-corrected chi connectivity index (χ2v) is 5.03. The van der Waals surface area contributed by atoms with Gasteiger partial charge < -0.3 is 10.4 Å². The fourth-order valence-electron chi connectivity index (χ4n) is 1.51. The number of carboxylic acids is 1. The molecule has 0 saturated heterocycles. The van der Waals surface area contributed by atoms with Gasteiger partial charge in [-0.15, -0.1) is 11.3 Å². The number of hydrogen-bond acceptors (Lipinski definition) is 5. The van der Waals surface area contributed by atoms with E-state index in [1.54, 1.807) is 6.92 Å². The molecule has 108 valence electrons. The summed E-state index contributed by atoms with van der Waals surface area (Å²) >= 11 is 1.04. The van der Waals surface area contributed by atoms with Crippen LogP contribution in [-0.2, 0) is 6.54 Å². The third kappa shape index (κ3) is 3.26. The van der Waals surface area contributed by atoms with Gasteiger partial charge in [-0.05, 0) is 6.92 Å². The van der Waals surface area contributed by atoms with E-state index < -0.39 is 18.7 Å². The van der Waals surface area contributed by atoms with Crippen LogP contribution in [0.4, 0.5) is 24.0 Å². The molecule has 2 aromatic heterocycles. The highest BCUT2D eigenvalue weighted by atomic mass is 32.1. The van der Waals surface area contributed by atoms with Crippen molar-refractivity contribution < 1.29 is 23.1 Å². The predicted octanol–water partition coefficient (Wildman–Crippen LogP) is 2.65. The fourth-order valence-corrected chi connectivity index (χ4v) is 2.33. The van der Waals surface area contributed by atoms with Gasteiger partial charge in [-0.1, -0.05) is 0 Å². The highest BCUT2D eigenvalue weighted by Gasteiger charge is 2.29. The van der Waals surface area contributed by atoms with E-state index in [-0.39, 0.29) is 16.5 Å². The summed E-state index contributed by atoms with van der Waals surface area (Å²) in [6, 6.07) is 1.33. The lowest BCUT2D eigenvalue weighted by molar-refractivity contribution is -0.142. The van der Waals surface area contributed by atoms with Gasteiger partial charge in [-0.25, -0.2) is 14.5 Å². The normalized spacial score (nSPS) is 11.6. The molecule has 0 aliphatic rings. The average molecular weight is 306 g/mol. The standard InChI is InChI=1S/C10H9F3N4O2S/c1-5-15-7(9(18)19)8(20-5)16-6-2-3-14-17(6)4-10(11,12)13/h2-3,16H,4H2,1H3,(H,18,19). The second-order valence-electron chi connectivity index (χ2n) is 3.83. The zero-order valence-corrected chi connectivity index (χ0v) is 10.9. The molecule has 6 nitrogen and oxygen atoms in total. The molecule has 0 spiro atoms. The van der Waals surface area contributed by atoms with Crippen molar-refractivity contribution in [2.45, 2.75) is 19.6 Å². The van der Waals surface area contributed by atoms with Crippen molar-refractivity contribution in [1.29, 1.82) is 0 Å². The van der Waals surface area contributed by atoms with Crippen LogP contribution in [0, 0.1) is 6.92 Å². The van der Waals surface area contributed by atoms with Gasteiger partial charge in [0.05, 0.1) is 11.2 Å². The minimum Gasteiger partial charge on any atom is -0.476 e. The van der Waals surface area contributed by atoms with Crippen LogP contribution in [0.25, 0.3) is 0 Å². The van der Waals surface area contributed by atoms with Gasteiger partial charge >= 0.3 is 12.1 Å². The number of aromatic carboxylic acids is 1. The number of anilines is 2. The van der Waals surface area contributed by atoms with E-state index in [9.17, 15) is 18.0 Å². The molecule has 0 fully saturated rings. The molecule has 0 aliphatic carbocycles. The van der Waals surface area contributed by atoms with Gasteiger partial charge in [-0.2, -0.15) is 18.3 Å². The Morgan fingerprint density at radius 3 is 2.85 bits per heavy atom. The number of aryl methyl sites for hydroxylation is 1. The van der Waals surface area contributed by atoms with Crippen LogP contribution >= 0.6 is 11.3 Å². The summed E-state index contributed by atoms with van der Waals surface area (Å²) in [6.45, 7) is 0.345. The summed E-state index contributed by atoms with van der Waals surface area (Å²) in [7, 11) is 0. The van der Waals surface area contributed by atoms with E-state index in [1.165, 1.54) is 12.3 Å². The first-order valence-corrected chi connectivity index (χ1v) is 6.14. The lowest BCUT2D eigenvalue weighted by atomic mass is 10.4. The van der Waals surface area contributed by atoms with Crippen molar-refractivity contribution in [3.8, 4) is 0 Å². The Morgan fingerprint density at radius 1 is 1.55 bits per heavy atom. The highest BCUT2D eigenvalue weighted by Crippen LogP contribution is 2.28. The van der Waals surface area contributed by atoms with Gasteiger partial charge in [0.25, 0.3) is 0 Å². The number of rotatable bonds is 4. The highest BCUT2D eigenvalue weighted by molar-refractivity contribution is 7.16. The molecule has 0 radical (unpaired) electrons. The van der Waals surface area contributed by atoms with E-state index in [2.05, 4.69) is 15.4 Å². The molecule has 2 rings (SSSR count). The quantitative estimate of drug-likeness (QED) is 0.907. The Kier molecular flexibility index (Phi) is 3.66. The molecule has 0 bridgehead atoms. The molecule has 0 saturated carbocycles. The number of carboxylic acid groups (broad SMARTS) is 1. The monoisotopic (exact) mass is 306 g/mol. The summed E-state index contributed by atoms with van der Waals surface area (Å²) in [5, 5.41) is 15.8. The molecule has 20 heavy (non-hydrogen) atoms. The first kappa shape index (κ1) is 14.3. The summed E-state index contributed by atoms with van der Waals surface area (Å²) in [4.78, 5) is 14.8. The number of aromatic nitrogens is 3. The minimum absolute atomic E-state index is 0.0495. The van der Waals surface area contributed by atoms with Crippen molar-refractivity contribution in [3.05, 3.63) is 23.0 Å². The molecular weight excluding hydrogens is 297 g/mol. The third-order valence-electron chi connectivity index (χ3n) is 2.22. The molecule has 10 heteroatoms. The number of thiazole rings is 1. The molecule has 0 unspecified atom stereocenters. The number of carbonyl (C=O) groups is 1. The Hall–Kier alpha value is -2.10. The maximum Gasteiger partial charge on any atom is 0.408 e. The van der Waals surface area contributed by atoms with Gasteiger partial charge in [0.1, 0.15) is 17.4 Å². The molecular formula is C10H9F3N4O2S. The summed E-state index contributed by atoms with van der Waals surface area (Å²) in [5.41, 5.74) is -0.229. The van der Waals surface area contributed by atoms with Gasteiger partial charge in [0.2, 0.25) is 0 Å². The van der Waals surface area contributed by atoms with Crippen molar-refractivity contribution in [1.82, 2.24) is 14.8 Å². The number of alkyl halides is 3. The van der Waals surface area contributed by atoms with Crippen molar-refractivity contribution in [2.75, 3.05) is 5.32 Å². The molecule has 0 aromatic carbocycles. The molecule has 2 heterocycles. The molecule has 2 N–H and O–H groups in total. The minimum atomic E-state index is -4.41. The Morgan fingerprint density at radius 2 is 2.25 bits per heavy atom. The first-order chi connectivity index (χ1) is 9.26. The lowest BCUT2D eigenvalue weighted by Crippen LogP contribution is -2.19. The second kappa shape index (κ2) is 5.12. The first-order valence-electron chi connectivity index (χ1n) is 5.32. The van der Waals surface area contributed by atoms with Gasteiger partial charge in [0.15, 0.2) is 5.69 Å². The van der Waals surface area contributed by atoms with Crippen LogP contribution in [-0.4, -0.2) is 32.0 Å². The number of halogens is 3. The smallest absolute Gasteiger partial charge is 0.408 e. The number of nitrogens with zero attached hydrogens (tertiary/aromatic N) is 3. The van der Waals surface area contributed by atoms with Gasteiger partial charge in [0, 0.05) is 6.07 Å². The van der Waals surface area contributed by atoms with Crippen molar-refractivity contribution in [2.24, 2.45) is 0 Å². The number of nitrogens with one attached hydrogen (secondary N) is 1. The molecule has 0 aliphatic heterocycles. The Bertz CT molecular complexity index is 635. The summed E-state index contributed by atoms with van der Waals surface area (Å²) in [5.74, 6) is -1.20. The van der Waals surface area contributed by atoms with Crippen molar-refractivity contribution >= 4 is 28.1 Å². The lowest BCUT2D eigenvalue weighted by Gasteiger charge is -2.11. The van der Waals surface area contributed by atoms with Crippen LogP contribution in [0.3, 0.4) is 0 Å². The topological polar surface area (TPSA) is 80.0 Å². The van der Waals surface area contributed by atoms with Crippen LogP contribution in [0.5, 0.6) is 0 Å². The van der Waals surface area contributed by atoms with Gasteiger partial charge in [-0.3, -0.25) is 0 Å². The van der Waals surface area contributed by atoms with Crippen molar-refractivity contribution in [3.63, 3.8) is 0 Å². The average Bonchev–Trinajstić information content (AvgIpc) is 2.85. The van der Waals surface area contributed by atoms with Crippen LogP contribution in [0.1, 0.15) is 15.5 Å². The van der Waals surface area contributed by atoms with E-state index in [1.807, 2.05) is 0 Å². The Labute approximate surface area is 114 Å². The zero-order valence-electron chi connectivity index (χ0n) is 10.1. The van der Waals surface area contributed by atoms with E-state index in [4.69, 9.17) is 5.11 Å².